The Kier molecular flexibility index (Phi) is 4.33. The molecular weight excluding hydrogens is 244 g/mol. The molecule has 0 aliphatic rings. The van der Waals surface area contributed by atoms with Gasteiger partial charge in [-0.05, 0) is 44.2 Å². The molecule has 3 nitrogen and oxygen atoms in total. The first-order chi connectivity index (χ1) is 8.74. The highest BCUT2D eigenvalue weighted by atomic mass is 32.1. The summed E-state index contributed by atoms with van der Waals surface area (Å²) in [5.41, 5.74) is 8.92. The number of benzene rings is 1. The van der Waals surface area contributed by atoms with Gasteiger partial charge in [0.25, 0.3) is 0 Å². The molecule has 0 bridgehead atoms. The summed E-state index contributed by atoms with van der Waals surface area (Å²) >= 11 is 1.67. The van der Waals surface area contributed by atoms with Crippen LogP contribution >= 0.6 is 11.3 Å². The highest BCUT2D eigenvalue weighted by Crippen LogP contribution is 2.28. The van der Waals surface area contributed by atoms with Crippen molar-refractivity contribution in [3.8, 4) is 17.0 Å². The smallest absolute Gasteiger partial charge is 0.119 e. The molecule has 2 rings (SSSR count). The fourth-order valence-electron chi connectivity index (χ4n) is 1.85. The summed E-state index contributed by atoms with van der Waals surface area (Å²) < 4.78 is 5.49. The number of aryl methyl sites for hydroxylation is 1. The van der Waals surface area contributed by atoms with Crippen LogP contribution in [0, 0.1) is 6.92 Å². The van der Waals surface area contributed by atoms with Gasteiger partial charge in [-0.3, -0.25) is 0 Å². The topological polar surface area (TPSA) is 48.1 Å². The van der Waals surface area contributed by atoms with Gasteiger partial charge >= 0.3 is 0 Å². The maximum atomic E-state index is 5.54. The van der Waals surface area contributed by atoms with Crippen LogP contribution in [0.1, 0.15) is 17.5 Å². The average molecular weight is 262 g/mol. The van der Waals surface area contributed by atoms with Crippen molar-refractivity contribution in [2.75, 3.05) is 13.2 Å². The van der Waals surface area contributed by atoms with Gasteiger partial charge in [-0.25, -0.2) is 4.98 Å². The predicted octanol–water partition coefficient (Wildman–Crippen LogP) is 3.02. The van der Waals surface area contributed by atoms with Crippen molar-refractivity contribution in [3.63, 3.8) is 0 Å². The minimum absolute atomic E-state index is 0.648. The van der Waals surface area contributed by atoms with Crippen LogP contribution in [0.15, 0.2) is 23.6 Å². The lowest BCUT2D eigenvalue weighted by atomic mass is 10.1. The number of rotatable bonds is 5. The summed E-state index contributed by atoms with van der Waals surface area (Å²) in [5.74, 6) is 0.913. The normalized spacial score (nSPS) is 10.6. The van der Waals surface area contributed by atoms with Crippen LogP contribution in [0.5, 0.6) is 5.75 Å². The van der Waals surface area contributed by atoms with E-state index < -0.39 is 0 Å². The van der Waals surface area contributed by atoms with Crippen molar-refractivity contribution in [2.45, 2.75) is 20.3 Å². The van der Waals surface area contributed by atoms with Gasteiger partial charge in [-0.2, -0.15) is 0 Å². The maximum absolute atomic E-state index is 5.54. The number of thiazole rings is 1. The number of nitrogens with two attached hydrogens (primary N) is 1. The predicted molar refractivity (Wildman–Crippen MR) is 76.2 cm³/mol. The van der Waals surface area contributed by atoms with E-state index in [1.165, 1.54) is 5.56 Å². The molecule has 1 aromatic carbocycles. The summed E-state index contributed by atoms with van der Waals surface area (Å²) in [6.07, 6.45) is 0.848. The molecular formula is C14H18N2OS. The molecule has 1 heterocycles. The summed E-state index contributed by atoms with van der Waals surface area (Å²) in [4.78, 5) is 4.60. The van der Waals surface area contributed by atoms with E-state index in [-0.39, 0.29) is 0 Å². The quantitative estimate of drug-likeness (QED) is 0.901. The molecule has 0 aliphatic carbocycles. The van der Waals surface area contributed by atoms with Crippen LogP contribution < -0.4 is 10.5 Å². The zero-order valence-corrected chi connectivity index (χ0v) is 11.6. The first-order valence-corrected chi connectivity index (χ1v) is 7.01. The van der Waals surface area contributed by atoms with E-state index >= 15 is 0 Å². The van der Waals surface area contributed by atoms with Crippen LogP contribution in [0.3, 0.4) is 0 Å². The Morgan fingerprint density at radius 2 is 2.22 bits per heavy atom. The van der Waals surface area contributed by atoms with E-state index in [0.717, 1.165) is 28.4 Å². The van der Waals surface area contributed by atoms with Crippen LogP contribution in [-0.2, 0) is 6.42 Å². The van der Waals surface area contributed by atoms with E-state index in [9.17, 15) is 0 Å². The fourth-order valence-corrected chi connectivity index (χ4v) is 2.67. The van der Waals surface area contributed by atoms with Gasteiger partial charge in [0, 0.05) is 17.4 Å². The van der Waals surface area contributed by atoms with Crippen LogP contribution in [0.4, 0.5) is 0 Å². The van der Waals surface area contributed by atoms with Crippen molar-refractivity contribution < 1.29 is 4.74 Å². The third-order valence-corrected chi connectivity index (χ3v) is 3.60. The van der Waals surface area contributed by atoms with Crippen molar-refractivity contribution >= 4 is 11.3 Å². The fraction of sp³-hybridized carbons (Fsp3) is 0.357. The molecule has 2 N–H and O–H groups in total. The molecule has 0 unspecified atom stereocenters. The Morgan fingerprint density at radius 3 is 2.89 bits per heavy atom. The second-order valence-corrected chi connectivity index (χ2v) is 5.02. The molecule has 0 spiro atoms. The molecule has 0 aliphatic heterocycles. The number of hydrogen-bond donors (Lipinski definition) is 1. The Balaban J connectivity index is 2.26. The molecule has 96 valence electrons. The van der Waals surface area contributed by atoms with E-state index in [2.05, 4.69) is 29.4 Å². The van der Waals surface area contributed by atoms with Crippen molar-refractivity contribution in [1.82, 2.24) is 4.98 Å². The molecule has 0 saturated carbocycles. The van der Waals surface area contributed by atoms with E-state index in [1.54, 1.807) is 11.3 Å². The molecule has 2 aromatic rings. The monoisotopic (exact) mass is 262 g/mol. The number of aromatic nitrogens is 1. The van der Waals surface area contributed by atoms with Crippen molar-refractivity contribution in [2.24, 2.45) is 5.73 Å². The molecule has 4 heteroatoms. The minimum Gasteiger partial charge on any atom is -0.494 e. The third kappa shape index (κ3) is 2.89. The zero-order chi connectivity index (χ0) is 13.0. The minimum atomic E-state index is 0.648. The first kappa shape index (κ1) is 13.1. The lowest BCUT2D eigenvalue weighted by molar-refractivity contribution is 0.340. The molecule has 0 saturated heterocycles. The highest BCUT2D eigenvalue weighted by Gasteiger charge is 2.07. The molecule has 0 fully saturated rings. The number of hydrogen-bond acceptors (Lipinski definition) is 4. The first-order valence-electron chi connectivity index (χ1n) is 6.13. The summed E-state index contributed by atoms with van der Waals surface area (Å²) in [7, 11) is 0. The van der Waals surface area contributed by atoms with Crippen LogP contribution in [-0.4, -0.2) is 18.1 Å². The summed E-state index contributed by atoms with van der Waals surface area (Å²) in [5, 5.41) is 3.19. The van der Waals surface area contributed by atoms with Gasteiger partial charge in [-0.1, -0.05) is 0 Å². The average Bonchev–Trinajstić information content (AvgIpc) is 2.78. The SMILES string of the molecule is CCOc1ccc(-c2csc(CCN)n2)c(C)c1. The van der Waals surface area contributed by atoms with Gasteiger partial charge < -0.3 is 10.5 Å². The van der Waals surface area contributed by atoms with Gasteiger partial charge in [0.1, 0.15) is 5.75 Å². The molecule has 1 aromatic heterocycles. The molecule has 0 amide bonds. The lowest BCUT2D eigenvalue weighted by Gasteiger charge is -2.07. The van der Waals surface area contributed by atoms with Gasteiger partial charge in [0.15, 0.2) is 0 Å². The van der Waals surface area contributed by atoms with Crippen molar-refractivity contribution in [3.05, 3.63) is 34.2 Å². The second kappa shape index (κ2) is 5.98. The number of nitrogens with zero attached hydrogens (tertiary/aromatic N) is 1. The largest absolute Gasteiger partial charge is 0.494 e. The van der Waals surface area contributed by atoms with Crippen molar-refractivity contribution in [1.29, 1.82) is 0 Å². The van der Waals surface area contributed by atoms with Gasteiger partial charge in [-0.15, -0.1) is 11.3 Å². The number of ether oxygens (including phenoxy) is 1. The Hall–Kier alpha value is -1.39. The molecule has 0 atom stereocenters. The lowest BCUT2D eigenvalue weighted by Crippen LogP contribution is -2.02. The summed E-state index contributed by atoms with van der Waals surface area (Å²) in [6.45, 7) is 5.41. The molecule has 0 radical (unpaired) electrons. The standard InChI is InChI=1S/C14H18N2OS/c1-3-17-11-4-5-12(10(2)8-11)13-9-18-14(16-13)6-7-15/h4-5,8-9H,3,6-7,15H2,1-2H3. The van der Waals surface area contributed by atoms with E-state index in [0.29, 0.717) is 13.2 Å². The van der Waals surface area contributed by atoms with Crippen LogP contribution in [0.2, 0.25) is 0 Å². The molecule has 18 heavy (non-hydrogen) atoms. The Morgan fingerprint density at radius 1 is 1.39 bits per heavy atom. The highest BCUT2D eigenvalue weighted by molar-refractivity contribution is 7.09. The van der Waals surface area contributed by atoms with Gasteiger partial charge in [0.05, 0.1) is 17.3 Å². The zero-order valence-electron chi connectivity index (χ0n) is 10.8. The van der Waals surface area contributed by atoms with E-state index in [4.69, 9.17) is 10.5 Å². The Labute approximate surface area is 112 Å². The summed E-state index contributed by atoms with van der Waals surface area (Å²) in [6, 6.07) is 6.12. The Bertz CT molecular complexity index is 522. The van der Waals surface area contributed by atoms with Crippen LogP contribution in [0.25, 0.3) is 11.3 Å². The second-order valence-electron chi connectivity index (χ2n) is 4.07. The van der Waals surface area contributed by atoms with Gasteiger partial charge in [0.2, 0.25) is 0 Å². The van der Waals surface area contributed by atoms with E-state index in [1.807, 2.05) is 13.0 Å². The maximum Gasteiger partial charge on any atom is 0.119 e. The third-order valence-electron chi connectivity index (χ3n) is 2.69.